The van der Waals surface area contributed by atoms with E-state index in [-0.39, 0.29) is 25.0 Å². The molecule has 0 spiro atoms. The highest BCUT2D eigenvalue weighted by atomic mass is 35.5. The lowest BCUT2D eigenvalue weighted by molar-refractivity contribution is -0.136. The first-order valence-electron chi connectivity index (χ1n) is 8.12. The van der Waals surface area contributed by atoms with E-state index in [4.69, 9.17) is 21.1 Å². The van der Waals surface area contributed by atoms with Gasteiger partial charge >= 0.3 is 0 Å². The second-order valence-corrected chi connectivity index (χ2v) is 5.86. The number of likely N-dealkylation sites (N-methyl/N-ethyl adjacent to an activating group) is 1. The minimum atomic E-state index is -0.281. The quantitative estimate of drug-likeness (QED) is 0.768. The predicted molar refractivity (Wildman–Crippen MR) is 101 cm³/mol. The molecular formula is C19H21ClN2O4. The zero-order valence-electron chi connectivity index (χ0n) is 14.7. The van der Waals surface area contributed by atoms with Crippen molar-refractivity contribution in [2.24, 2.45) is 0 Å². The molecule has 26 heavy (non-hydrogen) atoms. The largest absolute Gasteiger partial charge is 0.497 e. The fourth-order valence-electron chi connectivity index (χ4n) is 2.19. The highest BCUT2D eigenvalue weighted by Gasteiger charge is 2.16. The van der Waals surface area contributed by atoms with Crippen LogP contribution in [-0.4, -0.2) is 43.5 Å². The number of ether oxygens (including phenoxy) is 2. The van der Waals surface area contributed by atoms with E-state index in [1.54, 1.807) is 62.6 Å². The number of anilines is 1. The number of benzene rings is 2. The molecule has 0 aliphatic rings. The molecule has 2 aromatic rings. The van der Waals surface area contributed by atoms with Crippen LogP contribution in [0.4, 0.5) is 5.69 Å². The van der Waals surface area contributed by atoms with Gasteiger partial charge in [-0.25, -0.2) is 0 Å². The molecule has 0 aliphatic heterocycles. The summed E-state index contributed by atoms with van der Waals surface area (Å²) in [6, 6.07) is 13.7. The van der Waals surface area contributed by atoms with Crippen molar-refractivity contribution in [1.29, 1.82) is 0 Å². The molecule has 2 amide bonds. The minimum absolute atomic E-state index is 0.0503. The molecule has 0 aliphatic carbocycles. The SMILES string of the molecule is CCN(CC(=O)Nc1ccc(OC)cc1)C(=O)COc1ccc(Cl)cc1. The highest BCUT2D eigenvalue weighted by molar-refractivity contribution is 6.30. The van der Waals surface area contributed by atoms with Crippen LogP contribution in [0.5, 0.6) is 11.5 Å². The Labute approximate surface area is 157 Å². The van der Waals surface area contributed by atoms with Crippen LogP contribution in [-0.2, 0) is 9.59 Å². The Balaban J connectivity index is 1.84. The molecule has 0 fully saturated rings. The Hall–Kier alpha value is -2.73. The third kappa shape index (κ3) is 5.97. The van der Waals surface area contributed by atoms with Crippen LogP contribution in [0.3, 0.4) is 0 Å². The van der Waals surface area contributed by atoms with Crippen LogP contribution >= 0.6 is 11.6 Å². The number of nitrogens with one attached hydrogen (secondary N) is 1. The molecule has 2 aromatic carbocycles. The van der Waals surface area contributed by atoms with Gasteiger partial charge in [0.15, 0.2) is 6.61 Å². The summed E-state index contributed by atoms with van der Waals surface area (Å²) in [4.78, 5) is 25.9. The first-order valence-corrected chi connectivity index (χ1v) is 8.49. The maximum Gasteiger partial charge on any atom is 0.260 e. The number of halogens is 1. The molecule has 0 atom stereocenters. The third-order valence-electron chi connectivity index (χ3n) is 3.62. The molecule has 0 bridgehead atoms. The van der Waals surface area contributed by atoms with Crippen molar-refractivity contribution in [2.75, 3.05) is 32.1 Å². The van der Waals surface area contributed by atoms with Crippen molar-refractivity contribution in [3.05, 3.63) is 53.6 Å². The second-order valence-electron chi connectivity index (χ2n) is 5.43. The summed E-state index contributed by atoms with van der Waals surface area (Å²) in [6.07, 6.45) is 0. The van der Waals surface area contributed by atoms with E-state index in [2.05, 4.69) is 5.32 Å². The molecule has 0 heterocycles. The number of methoxy groups -OCH3 is 1. The number of hydrogen-bond acceptors (Lipinski definition) is 4. The zero-order chi connectivity index (χ0) is 18.9. The Morgan fingerprint density at radius 3 is 2.23 bits per heavy atom. The summed E-state index contributed by atoms with van der Waals surface area (Å²) in [5.74, 6) is 0.693. The van der Waals surface area contributed by atoms with Gasteiger partial charge in [0, 0.05) is 17.3 Å². The van der Waals surface area contributed by atoms with E-state index in [0.29, 0.717) is 28.8 Å². The van der Waals surface area contributed by atoms with Crippen LogP contribution in [0.2, 0.25) is 5.02 Å². The molecule has 7 heteroatoms. The average Bonchev–Trinajstić information content (AvgIpc) is 2.66. The fraction of sp³-hybridized carbons (Fsp3) is 0.263. The lowest BCUT2D eigenvalue weighted by Crippen LogP contribution is -2.40. The van der Waals surface area contributed by atoms with E-state index >= 15 is 0 Å². The minimum Gasteiger partial charge on any atom is -0.497 e. The van der Waals surface area contributed by atoms with Gasteiger partial charge in [-0.2, -0.15) is 0 Å². The van der Waals surface area contributed by atoms with Crippen molar-refractivity contribution in [1.82, 2.24) is 4.90 Å². The third-order valence-corrected chi connectivity index (χ3v) is 3.87. The Morgan fingerprint density at radius 2 is 1.65 bits per heavy atom. The molecule has 0 radical (unpaired) electrons. The predicted octanol–water partition coefficient (Wildman–Crippen LogP) is 3.21. The summed E-state index contributed by atoms with van der Waals surface area (Å²) in [7, 11) is 1.57. The fourth-order valence-corrected chi connectivity index (χ4v) is 2.32. The molecule has 0 unspecified atom stereocenters. The first kappa shape index (κ1) is 19.6. The van der Waals surface area contributed by atoms with Crippen molar-refractivity contribution < 1.29 is 19.1 Å². The van der Waals surface area contributed by atoms with Gasteiger partial charge in [-0.15, -0.1) is 0 Å². The topological polar surface area (TPSA) is 67.9 Å². The van der Waals surface area contributed by atoms with Gasteiger partial charge in [-0.05, 0) is 55.5 Å². The van der Waals surface area contributed by atoms with Crippen LogP contribution in [0.25, 0.3) is 0 Å². The maximum absolute atomic E-state index is 12.3. The molecule has 138 valence electrons. The van der Waals surface area contributed by atoms with Gasteiger partial charge in [-0.3, -0.25) is 9.59 Å². The lowest BCUT2D eigenvalue weighted by atomic mass is 10.3. The highest BCUT2D eigenvalue weighted by Crippen LogP contribution is 2.16. The number of hydrogen-bond donors (Lipinski definition) is 1. The van der Waals surface area contributed by atoms with E-state index in [0.717, 1.165) is 0 Å². The Kier molecular flexibility index (Phi) is 7.29. The summed E-state index contributed by atoms with van der Waals surface area (Å²) in [5, 5.41) is 3.34. The van der Waals surface area contributed by atoms with Crippen molar-refractivity contribution in [3.63, 3.8) is 0 Å². The van der Waals surface area contributed by atoms with Crippen molar-refractivity contribution in [2.45, 2.75) is 6.92 Å². The maximum atomic E-state index is 12.3. The van der Waals surface area contributed by atoms with Crippen molar-refractivity contribution >= 4 is 29.1 Å². The molecule has 1 N–H and O–H groups in total. The van der Waals surface area contributed by atoms with E-state index in [9.17, 15) is 9.59 Å². The monoisotopic (exact) mass is 376 g/mol. The summed E-state index contributed by atoms with van der Waals surface area (Å²) in [6.45, 7) is 2.01. The van der Waals surface area contributed by atoms with Crippen LogP contribution in [0.15, 0.2) is 48.5 Å². The first-order chi connectivity index (χ1) is 12.5. The van der Waals surface area contributed by atoms with Gasteiger partial charge in [0.2, 0.25) is 5.91 Å². The standard InChI is InChI=1S/C19H21ClN2O4/c1-3-22(19(24)13-26-17-8-4-14(20)5-9-17)12-18(23)21-15-6-10-16(25-2)11-7-15/h4-11H,3,12-13H2,1-2H3,(H,21,23). The van der Waals surface area contributed by atoms with Crippen molar-refractivity contribution in [3.8, 4) is 11.5 Å². The molecule has 0 saturated heterocycles. The number of carbonyl (C=O) groups excluding carboxylic acids is 2. The molecule has 6 nitrogen and oxygen atoms in total. The van der Waals surface area contributed by atoms with Gasteiger partial charge in [0.05, 0.1) is 13.7 Å². The smallest absolute Gasteiger partial charge is 0.260 e. The number of nitrogens with zero attached hydrogens (tertiary/aromatic N) is 1. The molecule has 0 aromatic heterocycles. The summed E-state index contributed by atoms with van der Waals surface area (Å²) in [5.41, 5.74) is 0.636. The van der Waals surface area contributed by atoms with Crippen LogP contribution < -0.4 is 14.8 Å². The molecular weight excluding hydrogens is 356 g/mol. The summed E-state index contributed by atoms with van der Waals surface area (Å²) < 4.78 is 10.5. The normalized spacial score (nSPS) is 10.1. The zero-order valence-corrected chi connectivity index (χ0v) is 15.5. The summed E-state index contributed by atoms with van der Waals surface area (Å²) >= 11 is 5.81. The van der Waals surface area contributed by atoms with Crippen LogP contribution in [0, 0.1) is 0 Å². The van der Waals surface area contributed by atoms with Crippen LogP contribution in [0.1, 0.15) is 6.92 Å². The lowest BCUT2D eigenvalue weighted by Gasteiger charge is -2.20. The van der Waals surface area contributed by atoms with E-state index in [1.807, 2.05) is 0 Å². The number of carbonyl (C=O) groups is 2. The average molecular weight is 377 g/mol. The Bertz CT molecular complexity index is 732. The van der Waals surface area contributed by atoms with Gasteiger partial charge < -0.3 is 19.7 Å². The van der Waals surface area contributed by atoms with Gasteiger partial charge in [0.1, 0.15) is 11.5 Å². The molecule has 2 rings (SSSR count). The van der Waals surface area contributed by atoms with Gasteiger partial charge in [0.25, 0.3) is 5.91 Å². The second kappa shape index (κ2) is 9.68. The van der Waals surface area contributed by atoms with Gasteiger partial charge in [-0.1, -0.05) is 11.6 Å². The Morgan fingerprint density at radius 1 is 1.04 bits per heavy atom. The van der Waals surface area contributed by atoms with E-state index < -0.39 is 0 Å². The molecule has 0 saturated carbocycles. The number of amides is 2. The van der Waals surface area contributed by atoms with E-state index in [1.165, 1.54) is 4.90 Å². The number of rotatable bonds is 8.